The molecule has 0 aliphatic carbocycles. The second-order valence-electron chi connectivity index (χ2n) is 8.06. The maximum Gasteiger partial charge on any atom is 0.255 e. The van der Waals surface area contributed by atoms with Crippen LogP contribution in [-0.4, -0.2) is 39.4 Å². The van der Waals surface area contributed by atoms with E-state index in [-0.39, 0.29) is 17.7 Å². The van der Waals surface area contributed by atoms with Crippen LogP contribution in [0.2, 0.25) is 0 Å². The molecule has 7 nitrogen and oxygen atoms in total. The molecule has 1 atom stereocenters. The lowest BCUT2D eigenvalue weighted by atomic mass is 9.97. The molecule has 0 spiro atoms. The molecular weight excluding hydrogens is 390 g/mol. The molecule has 1 aliphatic rings. The van der Waals surface area contributed by atoms with Crippen molar-refractivity contribution in [2.45, 2.75) is 25.9 Å². The van der Waals surface area contributed by atoms with Gasteiger partial charge in [-0.3, -0.25) is 14.5 Å². The molecule has 1 unspecified atom stereocenters. The minimum absolute atomic E-state index is 0.0568. The molecule has 3 N–H and O–H groups in total. The van der Waals surface area contributed by atoms with E-state index in [0.29, 0.717) is 12.1 Å². The van der Waals surface area contributed by atoms with Crippen LogP contribution in [0.25, 0.3) is 0 Å². The van der Waals surface area contributed by atoms with Gasteiger partial charge in [-0.15, -0.1) is 0 Å². The Labute approximate surface area is 181 Å². The number of benzene rings is 2. The van der Waals surface area contributed by atoms with E-state index in [2.05, 4.69) is 15.2 Å². The molecule has 0 bridgehead atoms. The number of carbonyl (C=O) groups excluding carboxylic acids is 2. The van der Waals surface area contributed by atoms with Crippen molar-refractivity contribution in [2.75, 3.05) is 18.4 Å². The quantitative estimate of drug-likeness (QED) is 0.618. The number of amides is 2. The third kappa shape index (κ3) is 5.58. The Balaban J connectivity index is 1.31. The summed E-state index contributed by atoms with van der Waals surface area (Å²) >= 11 is 0. The Bertz CT molecular complexity index is 1010. The van der Waals surface area contributed by atoms with Gasteiger partial charge in [0.05, 0.1) is 12.2 Å². The molecule has 1 fully saturated rings. The molecule has 31 heavy (non-hydrogen) atoms. The van der Waals surface area contributed by atoms with Crippen LogP contribution in [-0.2, 0) is 17.9 Å². The third-order valence-electron chi connectivity index (χ3n) is 5.67. The predicted octanol–water partition coefficient (Wildman–Crippen LogP) is 2.88. The fourth-order valence-corrected chi connectivity index (χ4v) is 3.94. The standard InChI is InChI=1S/C24H27N5O2/c25-23(30)21-2-1-12-28(16-21)14-19-5-9-22(10-6-19)27-24(31)20-7-3-18(4-8-20)15-29-13-11-26-17-29/h3-11,13,17,21H,1-2,12,14-16H2,(H2,25,30)(H,27,31). The zero-order valence-electron chi connectivity index (χ0n) is 17.4. The van der Waals surface area contributed by atoms with E-state index in [0.717, 1.165) is 49.3 Å². The van der Waals surface area contributed by atoms with Crippen molar-refractivity contribution < 1.29 is 9.59 Å². The highest BCUT2D eigenvalue weighted by Gasteiger charge is 2.23. The number of aromatic nitrogens is 2. The number of rotatable bonds is 7. The largest absolute Gasteiger partial charge is 0.369 e. The first-order valence-corrected chi connectivity index (χ1v) is 10.5. The number of anilines is 1. The van der Waals surface area contributed by atoms with E-state index >= 15 is 0 Å². The summed E-state index contributed by atoms with van der Waals surface area (Å²) in [4.78, 5) is 30.3. The number of likely N-dealkylation sites (tertiary alicyclic amines) is 1. The van der Waals surface area contributed by atoms with Gasteiger partial charge in [-0.1, -0.05) is 24.3 Å². The highest BCUT2D eigenvalue weighted by molar-refractivity contribution is 6.04. The van der Waals surface area contributed by atoms with Gasteiger partial charge < -0.3 is 15.6 Å². The summed E-state index contributed by atoms with van der Waals surface area (Å²) < 4.78 is 1.98. The number of piperidine rings is 1. The van der Waals surface area contributed by atoms with E-state index in [1.165, 1.54) is 0 Å². The summed E-state index contributed by atoms with van der Waals surface area (Å²) in [5.74, 6) is -0.404. The van der Waals surface area contributed by atoms with Crippen LogP contribution < -0.4 is 11.1 Å². The highest BCUT2D eigenvalue weighted by atomic mass is 16.2. The molecule has 3 aromatic rings. The Kier molecular flexibility index (Phi) is 6.43. The van der Waals surface area contributed by atoms with Crippen LogP contribution in [0.15, 0.2) is 67.3 Å². The smallest absolute Gasteiger partial charge is 0.255 e. The summed E-state index contributed by atoms with van der Waals surface area (Å²) in [5.41, 5.74) is 9.09. The Morgan fingerprint density at radius 1 is 1.03 bits per heavy atom. The van der Waals surface area contributed by atoms with Crippen LogP contribution in [0.1, 0.15) is 34.3 Å². The first-order valence-electron chi connectivity index (χ1n) is 10.5. The molecule has 7 heteroatoms. The Morgan fingerprint density at radius 3 is 2.42 bits per heavy atom. The van der Waals surface area contributed by atoms with Crippen LogP contribution >= 0.6 is 0 Å². The van der Waals surface area contributed by atoms with Crippen molar-refractivity contribution in [1.29, 1.82) is 0 Å². The molecule has 1 saturated heterocycles. The first-order chi connectivity index (χ1) is 15.1. The van der Waals surface area contributed by atoms with Crippen LogP contribution in [0.4, 0.5) is 5.69 Å². The van der Waals surface area contributed by atoms with Crippen molar-refractivity contribution in [3.63, 3.8) is 0 Å². The molecule has 2 amide bonds. The molecule has 2 heterocycles. The highest BCUT2D eigenvalue weighted by Crippen LogP contribution is 2.19. The lowest BCUT2D eigenvalue weighted by Crippen LogP contribution is -2.40. The SMILES string of the molecule is NC(=O)C1CCCN(Cc2ccc(NC(=O)c3ccc(Cn4ccnc4)cc3)cc2)C1. The average Bonchev–Trinajstić information content (AvgIpc) is 3.29. The number of hydrogen-bond donors (Lipinski definition) is 2. The molecule has 0 saturated carbocycles. The summed E-state index contributed by atoms with van der Waals surface area (Å²) in [7, 11) is 0. The van der Waals surface area contributed by atoms with E-state index in [1.807, 2.05) is 59.3 Å². The van der Waals surface area contributed by atoms with E-state index < -0.39 is 0 Å². The lowest BCUT2D eigenvalue weighted by molar-refractivity contribution is -0.123. The number of imidazole rings is 1. The van der Waals surface area contributed by atoms with Gasteiger partial charge in [0, 0.05) is 43.3 Å². The van der Waals surface area contributed by atoms with Crippen molar-refractivity contribution >= 4 is 17.5 Å². The topological polar surface area (TPSA) is 93.3 Å². The van der Waals surface area contributed by atoms with Crippen molar-refractivity contribution in [3.05, 3.63) is 83.9 Å². The molecule has 160 valence electrons. The van der Waals surface area contributed by atoms with Crippen LogP contribution in [0, 0.1) is 5.92 Å². The average molecular weight is 418 g/mol. The minimum atomic E-state index is -0.211. The van der Waals surface area contributed by atoms with E-state index in [1.54, 1.807) is 12.5 Å². The number of primary amides is 1. The van der Waals surface area contributed by atoms with Gasteiger partial charge in [-0.2, -0.15) is 0 Å². The monoisotopic (exact) mass is 417 g/mol. The zero-order valence-corrected chi connectivity index (χ0v) is 17.4. The molecule has 1 aromatic heterocycles. The second kappa shape index (κ2) is 9.57. The third-order valence-corrected chi connectivity index (χ3v) is 5.67. The zero-order chi connectivity index (χ0) is 21.6. The summed E-state index contributed by atoms with van der Waals surface area (Å²) in [6, 6.07) is 15.4. The van der Waals surface area contributed by atoms with E-state index in [4.69, 9.17) is 5.73 Å². The Morgan fingerprint density at radius 2 is 1.74 bits per heavy atom. The fraction of sp³-hybridized carbons (Fsp3) is 0.292. The molecular formula is C24H27N5O2. The maximum absolute atomic E-state index is 12.6. The number of nitrogens with two attached hydrogens (primary N) is 1. The number of carbonyl (C=O) groups is 2. The van der Waals surface area contributed by atoms with Gasteiger partial charge in [-0.05, 0) is 54.8 Å². The van der Waals surface area contributed by atoms with Crippen molar-refractivity contribution in [3.8, 4) is 0 Å². The van der Waals surface area contributed by atoms with Gasteiger partial charge in [-0.25, -0.2) is 4.98 Å². The van der Waals surface area contributed by atoms with Crippen molar-refractivity contribution in [2.24, 2.45) is 11.7 Å². The van der Waals surface area contributed by atoms with Gasteiger partial charge in [0.25, 0.3) is 5.91 Å². The van der Waals surface area contributed by atoms with Gasteiger partial charge in [0.1, 0.15) is 0 Å². The minimum Gasteiger partial charge on any atom is -0.369 e. The van der Waals surface area contributed by atoms with Crippen molar-refractivity contribution in [1.82, 2.24) is 14.5 Å². The molecule has 4 rings (SSSR count). The van der Waals surface area contributed by atoms with Crippen LogP contribution in [0.5, 0.6) is 0 Å². The second-order valence-corrected chi connectivity index (χ2v) is 8.06. The van der Waals surface area contributed by atoms with Gasteiger partial charge in [0.15, 0.2) is 0 Å². The van der Waals surface area contributed by atoms with Crippen LogP contribution in [0.3, 0.4) is 0 Å². The number of nitrogens with zero attached hydrogens (tertiary/aromatic N) is 3. The molecule has 1 aliphatic heterocycles. The summed E-state index contributed by atoms with van der Waals surface area (Å²) in [5, 5.41) is 2.95. The first kappa shape index (κ1) is 20.8. The Hall–Kier alpha value is -3.45. The summed E-state index contributed by atoms with van der Waals surface area (Å²) in [6.45, 7) is 3.18. The van der Waals surface area contributed by atoms with Gasteiger partial charge in [0.2, 0.25) is 5.91 Å². The van der Waals surface area contributed by atoms with E-state index in [9.17, 15) is 9.59 Å². The summed E-state index contributed by atoms with van der Waals surface area (Å²) in [6.07, 6.45) is 7.29. The molecule has 0 radical (unpaired) electrons. The maximum atomic E-state index is 12.6. The lowest BCUT2D eigenvalue weighted by Gasteiger charge is -2.31. The normalized spacial score (nSPS) is 16.7. The number of hydrogen-bond acceptors (Lipinski definition) is 4. The number of nitrogens with one attached hydrogen (secondary N) is 1. The molecule has 2 aromatic carbocycles. The predicted molar refractivity (Wildman–Crippen MR) is 119 cm³/mol. The fourth-order valence-electron chi connectivity index (χ4n) is 3.94. The van der Waals surface area contributed by atoms with Gasteiger partial charge >= 0.3 is 0 Å².